The third-order valence-corrected chi connectivity index (χ3v) is 2.55. The van der Waals surface area contributed by atoms with Gasteiger partial charge in [-0.15, -0.1) is 0 Å². The number of fused-ring (bicyclic) bond motifs is 1. The minimum atomic E-state index is 0.532. The van der Waals surface area contributed by atoms with Crippen LogP contribution in [0.5, 0.6) is 0 Å². The standard InChI is InChI=1S/C10H7BrN2O/c1-2-7-3-9(11)10-12-4-8(6-14)13(10)5-7/h2-6H,1H2. The maximum atomic E-state index is 10.7. The molecule has 0 saturated heterocycles. The minimum Gasteiger partial charge on any atom is -0.296 e. The second kappa shape index (κ2) is 3.38. The summed E-state index contributed by atoms with van der Waals surface area (Å²) in [6.45, 7) is 3.68. The average Bonchev–Trinajstić information content (AvgIpc) is 2.61. The zero-order valence-corrected chi connectivity index (χ0v) is 8.86. The molecule has 0 aliphatic heterocycles. The highest BCUT2D eigenvalue weighted by Gasteiger charge is 2.05. The first-order valence-electron chi connectivity index (χ1n) is 4.00. The van der Waals surface area contributed by atoms with Crippen LogP contribution in [0.3, 0.4) is 0 Å². The van der Waals surface area contributed by atoms with E-state index in [0.29, 0.717) is 5.69 Å². The van der Waals surface area contributed by atoms with Gasteiger partial charge in [0, 0.05) is 6.20 Å². The maximum absolute atomic E-state index is 10.7. The number of rotatable bonds is 2. The maximum Gasteiger partial charge on any atom is 0.168 e. The van der Waals surface area contributed by atoms with E-state index in [2.05, 4.69) is 27.5 Å². The molecular weight excluding hydrogens is 244 g/mol. The second-order valence-electron chi connectivity index (χ2n) is 2.82. The molecule has 3 nitrogen and oxygen atoms in total. The zero-order valence-electron chi connectivity index (χ0n) is 7.27. The topological polar surface area (TPSA) is 34.4 Å². The van der Waals surface area contributed by atoms with Crippen LogP contribution in [-0.4, -0.2) is 15.7 Å². The molecule has 0 aliphatic carbocycles. The summed E-state index contributed by atoms with van der Waals surface area (Å²) in [4.78, 5) is 14.8. The largest absolute Gasteiger partial charge is 0.296 e. The van der Waals surface area contributed by atoms with Gasteiger partial charge in [0.15, 0.2) is 11.9 Å². The van der Waals surface area contributed by atoms with Crippen molar-refractivity contribution in [1.29, 1.82) is 0 Å². The van der Waals surface area contributed by atoms with E-state index in [-0.39, 0.29) is 0 Å². The molecule has 0 aromatic carbocycles. The van der Waals surface area contributed by atoms with Crippen LogP contribution < -0.4 is 0 Å². The number of carbonyl (C=O) groups is 1. The SMILES string of the molecule is C=Cc1cc(Br)c2ncc(C=O)n2c1. The number of aromatic nitrogens is 2. The molecule has 0 amide bonds. The lowest BCUT2D eigenvalue weighted by Gasteiger charge is -2.00. The summed E-state index contributed by atoms with van der Waals surface area (Å²) in [5.41, 5.74) is 2.20. The summed E-state index contributed by atoms with van der Waals surface area (Å²) in [7, 11) is 0. The number of hydrogen-bond acceptors (Lipinski definition) is 2. The number of imidazole rings is 1. The predicted molar refractivity (Wildman–Crippen MR) is 58.4 cm³/mol. The van der Waals surface area contributed by atoms with Gasteiger partial charge in [-0.25, -0.2) is 4.98 Å². The Morgan fingerprint density at radius 3 is 3.00 bits per heavy atom. The molecular formula is C10H7BrN2O. The Morgan fingerprint density at radius 2 is 2.36 bits per heavy atom. The molecule has 70 valence electrons. The van der Waals surface area contributed by atoms with Gasteiger partial charge in [0.25, 0.3) is 0 Å². The van der Waals surface area contributed by atoms with Crippen molar-refractivity contribution in [1.82, 2.24) is 9.38 Å². The van der Waals surface area contributed by atoms with Crippen molar-refractivity contribution in [3.05, 3.63) is 40.8 Å². The van der Waals surface area contributed by atoms with E-state index >= 15 is 0 Å². The fraction of sp³-hybridized carbons (Fsp3) is 0. The van der Waals surface area contributed by atoms with Crippen LogP contribution in [0.1, 0.15) is 16.1 Å². The molecule has 14 heavy (non-hydrogen) atoms. The lowest BCUT2D eigenvalue weighted by Crippen LogP contribution is -1.92. The molecule has 0 spiro atoms. The van der Waals surface area contributed by atoms with Crippen molar-refractivity contribution in [2.75, 3.05) is 0 Å². The minimum absolute atomic E-state index is 0.532. The number of aldehydes is 1. The number of halogens is 1. The van der Waals surface area contributed by atoms with E-state index in [1.54, 1.807) is 16.7 Å². The summed E-state index contributed by atoms with van der Waals surface area (Å²) in [5.74, 6) is 0. The van der Waals surface area contributed by atoms with Crippen LogP contribution in [0.4, 0.5) is 0 Å². The highest BCUT2D eigenvalue weighted by molar-refractivity contribution is 9.10. The van der Waals surface area contributed by atoms with Crippen LogP contribution in [0.2, 0.25) is 0 Å². The van der Waals surface area contributed by atoms with Crippen LogP contribution in [0, 0.1) is 0 Å². The Labute approximate surface area is 89.2 Å². The van der Waals surface area contributed by atoms with Crippen molar-refractivity contribution in [3.63, 3.8) is 0 Å². The first-order chi connectivity index (χ1) is 6.76. The average molecular weight is 251 g/mol. The molecule has 0 atom stereocenters. The van der Waals surface area contributed by atoms with Gasteiger partial charge in [0.2, 0.25) is 0 Å². The molecule has 0 unspecified atom stereocenters. The monoisotopic (exact) mass is 250 g/mol. The molecule has 0 aliphatic rings. The van der Waals surface area contributed by atoms with Crippen LogP contribution in [0.25, 0.3) is 11.7 Å². The summed E-state index contributed by atoms with van der Waals surface area (Å²) in [6.07, 6.45) is 5.86. The smallest absolute Gasteiger partial charge is 0.168 e. The van der Waals surface area contributed by atoms with Gasteiger partial charge in [-0.2, -0.15) is 0 Å². The van der Waals surface area contributed by atoms with E-state index in [4.69, 9.17) is 0 Å². The Morgan fingerprint density at radius 1 is 1.57 bits per heavy atom. The van der Waals surface area contributed by atoms with Crippen molar-refractivity contribution < 1.29 is 4.79 Å². The van der Waals surface area contributed by atoms with Crippen molar-refractivity contribution in [2.45, 2.75) is 0 Å². The lowest BCUT2D eigenvalue weighted by molar-refractivity contribution is 0.111. The molecule has 2 rings (SSSR count). The Hall–Kier alpha value is -1.42. The van der Waals surface area contributed by atoms with Crippen LogP contribution in [-0.2, 0) is 0 Å². The number of nitrogens with zero attached hydrogens (tertiary/aromatic N) is 2. The lowest BCUT2D eigenvalue weighted by atomic mass is 10.3. The van der Waals surface area contributed by atoms with E-state index in [1.165, 1.54) is 0 Å². The van der Waals surface area contributed by atoms with E-state index < -0.39 is 0 Å². The van der Waals surface area contributed by atoms with Crippen LogP contribution >= 0.6 is 15.9 Å². The van der Waals surface area contributed by atoms with Gasteiger partial charge in [-0.1, -0.05) is 12.7 Å². The Kier molecular flexibility index (Phi) is 2.21. The van der Waals surface area contributed by atoms with Gasteiger partial charge >= 0.3 is 0 Å². The molecule has 2 aromatic rings. The Bertz CT molecular complexity index is 516. The van der Waals surface area contributed by atoms with E-state index in [9.17, 15) is 4.79 Å². The van der Waals surface area contributed by atoms with Gasteiger partial charge in [0.1, 0.15) is 5.69 Å². The molecule has 0 bridgehead atoms. The highest BCUT2D eigenvalue weighted by atomic mass is 79.9. The number of pyridine rings is 1. The zero-order chi connectivity index (χ0) is 10.1. The normalized spacial score (nSPS) is 10.4. The highest BCUT2D eigenvalue weighted by Crippen LogP contribution is 2.20. The second-order valence-corrected chi connectivity index (χ2v) is 3.67. The molecule has 0 N–H and O–H groups in total. The predicted octanol–water partition coefficient (Wildman–Crippen LogP) is 2.55. The molecule has 2 aromatic heterocycles. The van der Waals surface area contributed by atoms with Gasteiger partial charge in [0.05, 0.1) is 10.7 Å². The van der Waals surface area contributed by atoms with E-state index in [0.717, 1.165) is 22.0 Å². The summed E-state index contributed by atoms with van der Waals surface area (Å²) in [5, 5.41) is 0. The fourth-order valence-corrected chi connectivity index (χ4v) is 1.84. The summed E-state index contributed by atoms with van der Waals surface area (Å²) >= 11 is 3.38. The molecule has 2 heterocycles. The summed E-state index contributed by atoms with van der Waals surface area (Å²) in [6, 6.07) is 1.91. The van der Waals surface area contributed by atoms with Crippen LogP contribution in [0.15, 0.2) is 29.5 Å². The molecule has 0 radical (unpaired) electrons. The first-order valence-corrected chi connectivity index (χ1v) is 4.80. The molecule has 4 heteroatoms. The van der Waals surface area contributed by atoms with Crippen molar-refractivity contribution >= 4 is 33.9 Å². The van der Waals surface area contributed by atoms with Gasteiger partial charge in [-0.3, -0.25) is 9.20 Å². The van der Waals surface area contributed by atoms with E-state index in [1.807, 2.05) is 12.3 Å². The molecule has 0 fully saturated rings. The van der Waals surface area contributed by atoms with Gasteiger partial charge < -0.3 is 0 Å². The van der Waals surface area contributed by atoms with Crippen molar-refractivity contribution in [2.24, 2.45) is 0 Å². The Balaban J connectivity index is 2.86. The molecule has 0 saturated carbocycles. The summed E-state index contributed by atoms with van der Waals surface area (Å²) < 4.78 is 2.58. The fourth-order valence-electron chi connectivity index (χ4n) is 1.28. The third kappa shape index (κ3) is 1.28. The first kappa shape index (κ1) is 9.15. The van der Waals surface area contributed by atoms with Gasteiger partial charge in [-0.05, 0) is 27.6 Å². The third-order valence-electron chi connectivity index (χ3n) is 1.97. The number of hydrogen-bond donors (Lipinski definition) is 0. The quantitative estimate of drug-likeness (QED) is 0.768. The number of carbonyl (C=O) groups excluding carboxylic acids is 1. The van der Waals surface area contributed by atoms with Crippen molar-refractivity contribution in [3.8, 4) is 0 Å².